The molecule has 27 heavy (non-hydrogen) atoms. The third-order valence-corrected chi connectivity index (χ3v) is 6.09. The molecule has 1 atom stereocenters. The van der Waals surface area contributed by atoms with Gasteiger partial charge in [-0.2, -0.15) is 9.57 Å². The van der Waals surface area contributed by atoms with Crippen molar-refractivity contribution in [3.63, 3.8) is 0 Å². The van der Waals surface area contributed by atoms with Gasteiger partial charge in [0.05, 0.1) is 29.2 Å². The Bertz CT molecular complexity index is 981. The normalized spacial score (nSPS) is 17.9. The summed E-state index contributed by atoms with van der Waals surface area (Å²) in [6, 6.07) is 14.4. The summed E-state index contributed by atoms with van der Waals surface area (Å²) in [5, 5.41) is 11.6. The van der Waals surface area contributed by atoms with Gasteiger partial charge in [0.2, 0.25) is 10.0 Å². The zero-order valence-electron chi connectivity index (χ0n) is 14.8. The van der Waals surface area contributed by atoms with Crippen LogP contribution in [0.2, 0.25) is 0 Å². The number of benzene rings is 2. The zero-order valence-corrected chi connectivity index (χ0v) is 15.6. The van der Waals surface area contributed by atoms with Gasteiger partial charge in [0.25, 0.3) is 5.91 Å². The summed E-state index contributed by atoms with van der Waals surface area (Å²) in [7, 11) is -3.62. The maximum Gasteiger partial charge on any atom is 0.255 e. The molecule has 3 rings (SSSR count). The van der Waals surface area contributed by atoms with Crippen LogP contribution in [0, 0.1) is 11.3 Å². The third kappa shape index (κ3) is 4.34. The molecule has 0 bridgehead atoms. The van der Waals surface area contributed by atoms with Crippen LogP contribution >= 0.6 is 0 Å². The second-order valence-electron chi connectivity index (χ2n) is 6.22. The molecule has 1 fully saturated rings. The number of sulfonamides is 1. The third-order valence-electron chi connectivity index (χ3n) is 4.21. The number of morpholine rings is 1. The summed E-state index contributed by atoms with van der Waals surface area (Å²) >= 11 is 0. The van der Waals surface area contributed by atoms with Crippen molar-refractivity contribution in [1.29, 1.82) is 5.26 Å². The zero-order chi connectivity index (χ0) is 19.4. The van der Waals surface area contributed by atoms with Gasteiger partial charge in [-0.15, -0.1) is 0 Å². The Morgan fingerprint density at radius 2 is 2.00 bits per heavy atom. The van der Waals surface area contributed by atoms with Gasteiger partial charge in [-0.05, 0) is 49.4 Å². The van der Waals surface area contributed by atoms with Gasteiger partial charge >= 0.3 is 0 Å². The van der Waals surface area contributed by atoms with Crippen LogP contribution in [0.25, 0.3) is 0 Å². The minimum atomic E-state index is -3.62. The highest BCUT2D eigenvalue weighted by atomic mass is 32.2. The van der Waals surface area contributed by atoms with E-state index in [0.29, 0.717) is 36.5 Å². The van der Waals surface area contributed by atoms with Gasteiger partial charge in [-0.1, -0.05) is 6.07 Å². The Balaban J connectivity index is 1.74. The number of anilines is 1. The van der Waals surface area contributed by atoms with Gasteiger partial charge < -0.3 is 10.1 Å². The molecule has 1 N–H and O–H groups in total. The van der Waals surface area contributed by atoms with Crippen molar-refractivity contribution in [3.8, 4) is 6.07 Å². The van der Waals surface area contributed by atoms with Crippen LogP contribution in [0.5, 0.6) is 0 Å². The van der Waals surface area contributed by atoms with Crippen molar-refractivity contribution in [2.75, 3.05) is 25.0 Å². The van der Waals surface area contributed by atoms with Crippen LogP contribution in [-0.4, -0.2) is 44.4 Å². The molecule has 2 aromatic rings. The highest BCUT2D eigenvalue weighted by Crippen LogP contribution is 2.20. The summed E-state index contributed by atoms with van der Waals surface area (Å²) in [5.41, 5.74) is 1.26. The van der Waals surface area contributed by atoms with Crippen molar-refractivity contribution in [3.05, 3.63) is 59.7 Å². The van der Waals surface area contributed by atoms with E-state index in [2.05, 4.69) is 5.32 Å². The molecule has 2 aromatic carbocycles. The molecule has 7 nitrogen and oxygen atoms in total. The molecular formula is C19H19N3O4S. The standard InChI is InChI=1S/C19H19N3O4S/c1-14-13-22(9-10-26-14)27(24,25)18-7-5-16(6-8-18)19(23)21-17-4-2-3-15(11-17)12-20/h2-8,11,14H,9-10,13H2,1H3,(H,21,23). The lowest BCUT2D eigenvalue weighted by Crippen LogP contribution is -2.44. The van der Waals surface area contributed by atoms with Crippen LogP contribution in [0.3, 0.4) is 0 Å². The van der Waals surface area contributed by atoms with Crippen molar-refractivity contribution in [2.24, 2.45) is 0 Å². The Morgan fingerprint density at radius 1 is 1.26 bits per heavy atom. The number of carbonyl (C=O) groups is 1. The fraction of sp³-hybridized carbons (Fsp3) is 0.263. The van der Waals surface area contributed by atoms with Crippen LogP contribution in [-0.2, 0) is 14.8 Å². The van der Waals surface area contributed by atoms with E-state index < -0.39 is 10.0 Å². The average Bonchev–Trinajstić information content (AvgIpc) is 2.68. The van der Waals surface area contributed by atoms with Gasteiger partial charge in [-0.25, -0.2) is 8.42 Å². The highest BCUT2D eigenvalue weighted by Gasteiger charge is 2.29. The first-order chi connectivity index (χ1) is 12.9. The molecule has 0 saturated carbocycles. The van der Waals surface area contributed by atoms with Crippen molar-refractivity contribution in [2.45, 2.75) is 17.9 Å². The molecular weight excluding hydrogens is 366 g/mol. The molecule has 1 unspecified atom stereocenters. The van der Waals surface area contributed by atoms with Crippen LogP contribution < -0.4 is 5.32 Å². The van der Waals surface area contributed by atoms with Gasteiger partial charge in [0.1, 0.15) is 0 Å². The first kappa shape index (κ1) is 19.0. The number of nitriles is 1. The highest BCUT2D eigenvalue weighted by molar-refractivity contribution is 7.89. The summed E-state index contributed by atoms with van der Waals surface area (Å²) in [5.74, 6) is -0.381. The van der Waals surface area contributed by atoms with Crippen molar-refractivity contribution < 1.29 is 17.9 Å². The first-order valence-corrected chi connectivity index (χ1v) is 9.87. The topological polar surface area (TPSA) is 99.5 Å². The maximum absolute atomic E-state index is 12.7. The van der Waals surface area contributed by atoms with Crippen LogP contribution in [0.15, 0.2) is 53.4 Å². The first-order valence-electron chi connectivity index (χ1n) is 8.43. The van der Waals surface area contributed by atoms with Crippen LogP contribution in [0.1, 0.15) is 22.8 Å². The maximum atomic E-state index is 12.7. The lowest BCUT2D eigenvalue weighted by molar-refractivity contribution is 0.0102. The number of nitrogens with zero attached hydrogens (tertiary/aromatic N) is 2. The smallest absolute Gasteiger partial charge is 0.255 e. The fourth-order valence-electron chi connectivity index (χ4n) is 2.80. The number of nitrogens with one attached hydrogen (secondary N) is 1. The van der Waals surface area contributed by atoms with Crippen LogP contribution in [0.4, 0.5) is 5.69 Å². The summed E-state index contributed by atoms with van der Waals surface area (Å²) in [6.45, 7) is 2.81. The number of hydrogen-bond acceptors (Lipinski definition) is 5. The minimum absolute atomic E-state index is 0.139. The van der Waals surface area contributed by atoms with E-state index >= 15 is 0 Å². The number of hydrogen-bond donors (Lipinski definition) is 1. The molecule has 140 valence electrons. The number of rotatable bonds is 4. The molecule has 0 aliphatic carbocycles. The molecule has 1 aliphatic heterocycles. The minimum Gasteiger partial charge on any atom is -0.376 e. The fourth-order valence-corrected chi connectivity index (χ4v) is 4.30. The van der Waals surface area contributed by atoms with E-state index in [4.69, 9.17) is 10.00 Å². The lowest BCUT2D eigenvalue weighted by Gasteiger charge is -2.30. The predicted octanol–water partition coefficient (Wildman–Crippen LogP) is 2.22. The summed E-state index contributed by atoms with van der Waals surface area (Å²) < 4.78 is 32.2. The summed E-state index contributed by atoms with van der Waals surface area (Å²) in [4.78, 5) is 12.5. The van der Waals surface area contributed by atoms with Gasteiger partial charge in [0.15, 0.2) is 0 Å². The monoisotopic (exact) mass is 385 g/mol. The molecule has 1 saturated heterocycles. The predicted molar refractivity (Wildman–Crippen MR) is 99.7 cm³/mol. The Kier molecular flexibility index (Phi) is 5.56. The average molecular weight is 385 g/mol. The van der Waals surface area contributed by atoms with Crippen molar-refractivity contribution >= 4 is 21.6 Å². The molecule has 8 heteroatoms. The molecule has 1 amide bonds. The molecule has 1 heterocycles. The molecule has 1 aliphatic rings. The summed E-state index contributed by atoms with van der Waals surface area (Å²) in [6.07, 6.45) is -0.150. The number of ether oxygens (including phenoxy) is 1. The van der Waals surface area contributed by atoms with E-state index in [1.807, 2.05) is 13.0 Å². The second-order valence-corrected chi connectivity index (χ2v) is 8.15. The Morgan fingerprint density at radius 3 is 2.67 bits per heavy atom. The number of carbonyl (C=O) groups excluding carboxylic acids is 1. The van der Waals surface area contributed by atoms with Crippen molar-refractivity contribution in [1.82, 2.24) is 4.31 Å². The van der Waals surface area contributed by atoms with Gasteiger partial charge in [0, 0.05) is 24.3 Å². The molecule has 0 aromatic heterocycles. The SMILES string of the molecule is CC1CN(S(=O)(=O)c2ccc(C(=O)Nc3cccc(C#N)c3)cc2)CCO1. The molecule has 0 spiro atoms. The Hall–Kier alpha value is -2.73. The quantitative estimate of drug-likeness (QED) is 0.870. The second kappa shape index (κ2) is 7.88. The molecule has 0 radical (unpaired) electrons. The van der Waals surface area contributed by atoms with E-state index in [9.17, 15) is 13.2 Å². The largest absolute Gasteiger partial charge is 0.376 e. The Labute approximate surface area is 158 Å². The van der Waals surface area contributed by atoms with Gasteiger partial charge in [-0.3, -0.25) is 4.79 Å². The lowest BCUT2D eigenvalue weighted by atomic mass is 10.2. The van der Waals surface area contributed by atoms with E-state index in [-0.39, 0.29) is 16.9 Å². The van der Waals surface area contributed by atoms with E-state index in [1.165, 1.54) is 28.6 Å². The van der Waals surface area contributed by atoms with E-state index in [0.717, 1.165) is 0 Å². The number of amides is 1. The van der Waals surface area contributed by atoms with E-state index in [1.54, 1.807) is 24.3 Å².